The number of nitrogens with zero attached hydrogens (tertiary/aromatic N) is 2. The molecule has 4 aliphatic rings. The molecule has 0 aromatic rings. The second kappa shape index (κ2) is 2.76. The lowest BCUT2D eigenvalue weighted by Crippen LogP contribution is -2.68. The van der Waals surface area contributed by atoms with E-state index in [0.717, 1.165) is 23.5 Å². The molecule has 4 aliphatic heterocycles. The summed E-state index contributed by atoms with van der Waals surface area (Å²) in [6.07, 6.45) is 3.62. The molecule has 0 radical (unpaired) electrons. The van der Waals surface area contributed by atoms with Crippen molar-refractivity contribution in [3.05, 3.63) is 0 Å². The molecule has 1 spiro atoms. The predicted molar refractivity (Wildman–Crippen MR) is 60.9 cm³/mol. The minimum atomic E-state index is 0.0457. The summed E-state index contributed by atoms with van der Waals surface area (Å²) in [5.41, 5.74) is 0.0457. The third-order valence-electron chi connectivity index (χ3n) is 4.20. The van der Waals surface area contributed by atoms with Gasteiger partial charge in [0.25, 0.3) is 0 Å². The highest BCUT2D eigenvalue weighted by atomic mass is 79.9. The Labute approximate surface area is 93.6 Å². The Balaban J connectivity index is 1.89. The number of piperidine rings is 3. The Morgan fingerprint density at radius 3 is 2.71 bits per heavy atom. The predicted octanol–water partition coefficient (Wildman–Crippen LogP) is 0.642. The topological polar surface area (TPSA) is 21.6 Å². The van der Waals surface area contributed by atoms with E-state index in [2.05, 4.69) is 29.1 Å². The molecular weight excluding hydrogens is 243 g/mol. The van der Waals surface area contributed by atoms with Gasteiger partial charge >= 0.3 is 7.98 Å². The van der Waals surface area contributed by atoms with Crippen LogP contribution in [0.5, 0.6) is 0 Å². The first-order chi connectivity index (χ1) is 6.62. The zero-order valence-electron chi connectivity index (χ0n) is 8.50. The molecule has 76 valence electrons. The Kier molecular flexibility index (Phi) is 1.82. The van der Waals surface area contributed by atoms with Crippen LogP contribution in [0.25, 0.3) is 0 Å². The Morgan fingerprint density at radius 1 is 1.50 bits per heavy atom. The first-order valence-electron chi connectivity index (χ1n) is 5.36. The van der Waals surface area contributed by atoms with Gasteiger partial charge in [-0.1, -0.05) is 5.16 Å². The van der Waals surface area contributed by atoms with Gasteiger partial charge in [-0.15, -0.1) is 0 Å². The summed E-state index contributed by atoms with van der Waals surface area (Å²) in [6.45, 7) is 3.80. The van der Waals surface area contributed by atoms with Crippen molar-refractivity contribution >= 4 is 28.5 Å². The van der Waals surface area contributed by atoms with Crippen LogP contribution in [0, 0.1) is 5.92 Å². The Bertz CT molecular complexity index is 301. The second-order valence-corrected chi connectivity index (χ2v) is 6.21. The molecule has 0 N–H and O–H groups in total. The van der Waals surface area contributed by atoms with E-state index in [0.29, 0.717) is 0 Å². The van der Waals surface area contributed by atoms with Gasteiger partial charge in [0.15, 0.2) is 5.60 Å². The van der Waals surface area contributed by atoms with E-state index in [1.807, 2.05) is 0 Å². The summed E-state index contributed by atoms with van der Waals surface area (Å²) in [5, 5.41) is 4.09. The lowest BCUT2D eigenvalue weighted by molar-refractivity contribution is -0.846. The Morgan fingerprint density at radius 2 is 2.21 bits per heavy atom. The van der Waals surface area contributed by atoms with Crippen LogP contribution in [-0.2, 0) is 4.84 Å². The molecule has 1 atom stereocenters. The smallest absolute Gasteiger partial charge is 0.373 e. The molecule has 4 heterocycles. The number of quaternary nitrogens is 1. The van der Waals surface area contributed by atoms with E-state index in [1.165, 1.54) is 30.3 Å². The second-order valence-electron chi connectivity index (χ2n) is 5.30. The largest absolute Gasteiger partial charge is 0.396 e. The molecule has 4 rings (SSSR count). The standard InChI is InChI=1S/C9H15BBrN2O/c10-13-3-1-7(2-4-13)9(6-13)5-8(11)12-14-9/h7H,1-6,10H2/q+1. The van der Waals surface area contributed by atoms with Crippen LogP contribution < -0.4 is 0 Å². The van der Waals surface area contributed by atoms with Crippen molar-refractivity contribution in [3.63, 3.8) is 0 Å². The molecule has 0 saturated carbocycles. The van der Waals surface area contributed by atoms with E-state index < -0.39 is 0 Å². The third kappa shape index (κ3) is 1.18. The summed E-state index contributed by atoms with van der Waals surface area (Å²) >= 11 is 3.46. The van der Waals surface area contributed by atoms with Crippen molar-refractivity contribution in [2.45, 2.75) is 24.9 Å². The lowest BCUT2D eigenvalue weighted by atomic mass is 9.70. The van der Waals surface area contributed by atoms with Crippen LogP contribution in [0.4, 0.5) is 0 Å². The Hall–Kier alpha value is -0.0251. The molecule has 3 fully saturated rings. The van der Waals surface area contributed by atoms with E-state index >= 15 is 0 Å². The molecule has 14 heavy (non-hydrogen) atoms. The highest BCUT2D eigenvalue weighted by Crippen LogP contribution is 2.46. The summed E-state index contributed by atoms with van der Waals surface area (Å²) in [6, 6.07) is 0. The van der Waals surface area contributed by atoms with Crippen molar-refractivity contribution in [3.8, 4) is 0 Å². The van der Waals surface area contributed by atoms with Crippen LogP contribution in [0.3, 0.4) is 0 Å². The monoisotopic (exact) mass is 257 g/mol. The van der Waals surface area contributed by atoms with Gasteiger partial charge in [0.05, 0.1) is 13.1 Å². The highest BCUT2D eigenvalue weighted by Gasteiger charge is 2.57. The lowest BCUT2D eigenvalue weighted by Gasteiger charge is -2.55. The number of oxime groups is 1. The molecule has 5 heteroatoms. The molecule has 2 bridgehead atoms. The van der Waals surface area contributed by atoms with Gasteiger partial charge in [0.2, 0.25) is 0 Å². The minimum Gasteiger partial charge on any atom is -0.396 e. The third-order valence-corrected chi connectivity index (χ3v) is 4.62. The summed E-state index contributed by atoms with van der Waals surface area (Å²) in [7, 11) is 2.35. The van der Waals surface area contributed by atoms with E-state index in [9.17, 15) is 0 Å². The van der Waals surface area contributed by atoms with Gasteiger partial charge in [-0.2, -0.15) is 0 Å². The van der Waals surface area contributed by atoms with Crippen LogP contribution in [0.2, 0.25) is 0 Å². The van der Waals surface area contributed by atoms with Gasteiger partial charge in [-0.25, -0.2) is 0 Å². The van der Waals surface area contributed by atoms with Crippen LogP contribution in [0.1, 0.15) is 19.3 Å². The molecule has 3 nitrogen and oxygen atoms in total. The number of hydrogen-bond acceptors (Lipinski definition) is 2. The first-order valence-corrected chi connectivity index (χ1v) is 6.15. The fraction of sp³-hybridized carbons (Fsp3) is 0.889. The average Bonchev–Trinajstić information content (AvgIpc) is 2.47. The van der Waals surface area contributed by atoms with Crippen LogP contribution in [0.15, 0.2) is 5.16 Å². The maximum Gasteiger partial charge on any atom is 0.373 e. The molecule has 0 amide bonds. The molecule has 0 aliphatic carbocycles. The van der Waals surface area contributed by atoms with Gasteiger partial charge in [-0.05, 0) is 15.9 Å². The number of hydrogen-bond donors (Lipinski definition) is 0. The zero-order valence-corrected chi connectivity index (χ0v) is 10.1. The normalized spacial score (nSPS) is 50.6. The van der Waals surface area contributed by atoms with Crippen LogP contribution in [-0.4, -0.2) is 42.2 Å². The van der Waals surface area contributed by atoms with Gasteiger partial charge < -0.3 is 9.23 Å². The average molecular weight is 258 g/mol. The van der Waals surface area contributed by atoms with E-state index in [1.54, 1.807) is 0 Å². The number of halogens is 1. The maximum atomic E-state index is 5.72. The van der Waals surface area contributed by atoms with E-state index in [4.69, 9.17) is 4.84 Å². The fourth-order valence-electron chi connectivity index (χ4n) is 3.41. The summed E-state index contributed by atoms with van der Waals surface area (Å²) < 4.78 is 2.18. The highest BCUT2D eigenvalue weighted by molar-refractivity contribution is 9.18. The quantitative estimate of drug-likeness (QED) is 0.584. The molecule has 3 saturated heterocycles. The molecule has 0 aromatic heterocycles. The number of rotatable bonds is 0. The minimum absolute atomic E-state index is 0.0457. The molecule has 0 aromatic carbocycles. The number of fused-ring (bicyclic) bond motifs is 2. The van der Waals surface area contributed by atoms with Gasteiger partial charge in [0, 0.05) is 25.2 Å². The van der Waals surface area contributed by atoms with Crippen molar-refractivity contribution in [1.82, 2.24) is 0 Å². The first kappa shape index (κ1) is 9.22. The fourth-order valence-corrected chi connectivity index (χ4v) is 3.95. The molecule has 1 unspecified atom stereocenters. The van der Waals surface area contributed by atoms with Crippen molar-refractivity contribution < 1.29 is 9.23 Å². The van der Waals surface area contributed by atoms with Gasteiger partial charge in [-0.3, -0.25) is 0 Å². The summed E-state index contributed by atoms with van der Waals surface area (Å²) in [4.78, 5) is 5.72. The maximum absolute atomic E-state index is 5.72. The summed E-state index contributed by atoms with van der Waals surface area (Å²) in [5.74, 6) is 0.737. The van der Waals surface area contributed by atoms with E-state index in [-0.39, 0.29) is 5.60 Å². The van der Waals surface area contributed by atoms with Crippen molar-refractivity contribution in [2.75, 3.05) is 19.6 Å². The van der Waals surface area contributed by atoms with Gasteiger partial charge in [0.1, 0.15) is 11.2 Å². The van der Waals surface area contributed by atoms with Crippen LogP contribution >= 0.6 is 15.9 Å². The van der Waals surface area contributed by atoms with Crippen molar-refractivity contribution in [2.24, 2.45) is 11.1 Å². The zero-order chi connectivity index (χ0) is 9.81. The van der Waals surface area contributed by atoms with Crippen molar-refractivity contribution in [1.29, 1.82) is 0 Å². The molecular formula is C9H15BBrN2O+. The SMILES string of the molecule is B[N+]12CCC(CC1)C1(CC(Br)=NO1)C2.